The summed E-state index contributed by atoms with van der Waals surface area (Å²) >= 11 is 11.9. The molecule has 3 rings (SSSR count). The minimum atomic E-state index is -0.570. The van der Waals surface area contributed by atoms with Gasteiger partial charge in [0, 0.05) is 17.1 Å². The van der Waals surface area contributed by atoms with Crippen molar-refractivity contribution in [3.8, 4) is 5.82 Å². The lowest BCUT2D eigenvalue weighted by atomic mass is 10.2. The van der Waals surface area contributed by atoms with Gasteiger partial charge in [-0.2, -0.15) is 9.78 Å². The van der Waals surface area contributed by atoms with Crippen LogP contribution in [0.15, 0.2) is 27.9 Å². The largest absolute Gasteiger partial charge is 0.378 e. The smallest absolute Gasteiger partial charge is 0.293 e. The third-order valence-electron chi connectivity index (χ3n) is 3.47. The summed E-state index contributed by atoms with van der Waals surface area (Å²) in [5.74, 6) is -0.411. The molecule has 0 saturated heterocycles. The predicted octanol–water partition coefficient (Wildman–Crippen LogP) is 1.36. The van der Waals surface area contributed by atoms with Gasteiger partial charge in [0.15, 0.2) is 5.69 Å². The second kappa shape index (κ2) is 8.33. The molecule has 0 bridgehead atoms. The van der Waals surface area contributed by atoms with Crippen molar-refractivity contribution >= 4 is 41.1 Å². The van der Waals surface area contributed by atoms with Crippen molar-refractivity contribution in [3.05, 3.63) is 45.2 Å². The fourth-order valence-corrected chi connectivity index (χ4v) is 2.70. The number of halogens is 2. The molecule has 3 aromatic rings. The molecule has 1 aromatic carbocycles. The number of nitrogens with two attached hydrogens (primary N) is 1. The van der Waals surface area contributed by atoms with Crippen LogP contribution in [-0.2, 0) is 6.54 Å². The van der Waals surface area contributed by atoms with E-state index in [0.29, 0.717) is 27.8 Å². The molecule has 11 nitrogen and oxygen atoms in total. The van der Waals surface area contributed by atoms with Crippen molar-refractivity contribution in [2.45, 2.75) is 6.54 Å². The molecular formula is C15H15Cl2N9O2. The fourth-order valence-electron chi connectivity index (χ4n) is 2.25. The van der Waals surface area contributed by atoms with Gasteiger partial charge in [0.1, 0.15) is 0 Å². The third-order valence-corrected chi connectivity index (χ3v) is 4.04. The molecule has 2 aromatic heterocycles. The van der Waals surface area contributed by atoms with Gasteiger partial charge in [-0.1, -0.05) is 34.5 Å². The number of carbonyl (C=O) groups is 1. The van der Waals surface area contributed by atoms with Crippen molar-refractivity contribution in [1.82, 2.24) is 35.6 Å². The van der Waals surface area contributed by atoms with Crippen LogP contribution in [0.4, 0.5) is 5.82 Å². The Kier molecular flexibility index (Phi) is 5.87. The summed E-state index contributed by atoms with van der Waals surface area (Å²) in [6.07, 6.45) is 1.39. The minimum Gasteiger partial charge on any atom is -0.378 e. The Morgan fingerprint density at radius 2 is 2.18 bits per heavy atom. The van der Waals surface area contributed by atoms with Gasteiger partial charge in [0.25, 0.3) is 5.91 Å². The molecule has 2 heterocycles. The van der Waals surface area contributed by atoms with Crippen molar-refractivity contribution in [3.63, 3.8) is 0 Å². The fraction of sp³-hybridized carbons (Fsp3) is 0.200. The number of benzene rings is 1. The summed E-state index contributed by atoms with van der Waals surface area (Å²) in [4.78, 5) is 14.4. The minimum absolute atomic E-state index is 0.0206. The van der Waals surface area contributed by atoms with Gasteiger partial charge < -0.3 is 10.6 Å². The van der Waals surface area contributed by atoms with Gasteiger partial charge in [-0.3, -0.25) is 4.79 Å². The molecule has 146 valence electrons. The van der Waals surface area contributed by atoms with E-state index in [1.807, 2.05) is 19.0 Å². The Bertz CT molecular complexity index is 1030. The van der Waals surface area contributed by atoms with E-state index in [4.69, 9.17) is 28.9 Å². The molecule has 0 unspecified atom stereocenters. The van der Waals surface area contributed by atoms with Crippen LogP contribution in [0.25, 0.3) is 5.82 Å². The van der Waals surface area contributed by atoms with Gasteiger partial charge in [0.05, 0.1) is 16.9 Å². The van der Waals surface area contributed by atoms with E-state index in [9.17, 15) is 4.79 Å². The van der Waals surface area contributed by atoms with Crippen LogP contribution in [0.3, 0.4) is 0 Å². The molecule has 0 aliphatic rings. The first-order valence-corrected chi connectivity index (χ1v) is 8.58. The van der Waals surface area contributed by atoms with Crippen LogP contribution in [0, 0.1) is 0 Å². The van der Waals surface area contributed by atoms with Crippen LogP contribution in [0.1, 0.15) is 21.7 Å². The van der Waals surface area contributed by atoms with Crippen LogP contribution >= 0.6 is 23.2 Å². The second-order valence-electron chi connectivity index (χ2n) is 5.87. The maximum atomic E-state index is 12.5. The summed E-state index contributed by atoms with van der Waals surface area (Å²) in [7, 11) is 3.65. The highest BCUT2D eigenvalue weighted by Gasteiger charge is 2.24. The molecule has 28 heavy (non-hydrogen) atoms. The number of nitrogens with zero attached hydrogens (tertiary/aromatic N) is 7. The number of anilines is 1. The van der Waals surface area contributed by atoms with Crippen molar-refractivity contribution in [1.29, 1.82) is 0 Å². The zero-order valence-corrected chi connectivity index (χ0v) is 16.3. The topological polar surface area (TPSA) is 140 Å². The highest BCUT2D eigenvalue weighted by atomic mass is 35.5. The first-order valence-electron chi connectivity index (χ1n) is 7.83. The third kappa shape index (κ3) is 4.27. The van der Waals surface area contributed by atoms with E-state index < -0.39 is 5.91 Å². The number of amides is 1. The lowest BCUT2D eigenvalue weighted by Gasteiger charge is -2.11. The first kappa shape index (κ1) is 19.7. The van der Waals surface area contributed by atoms with E-state index in [1.165, 1.54) is 10.9 Å². The summed E-state index contributed by atoms with van der Waals surface area (Å²) in [5.41, 5.74) is 9.18. The van der Waals surface area contributed by atoms with Crippen molar-refractivity contribution < 1.29 is 9.42 Å². The summed E-state index contributed by atoms with van der Waals surface area (Å²) in [5, 5.41) is 19.8. The molecule has 1 amide bonds. The quantitative estimate of drug-likeness (QED) is 0.447. The van der Waals surface area contributed by atoms with E-state index >= 15 is 0 Å². The average molecular weight is 424 g/mol. The maximum absolute atomic E-state index is 12.5. The summed E-state index contributed by atoms with van der Waals surface area (Å²) < 4.78 is 5.88. The standard InChI is InChI=1S/C15H15Cl2N9O2/c1-25(2)7-11-12(20-24-26(11)14-13(18)22-28-23-14)15(27)21-19-6-8-3-4-9(16)5-10(8)17/h3-6H,7H2,1-2H3,(H2,18,22)(H,21,27)/b19-6+. The molecule has 0 atom stereocenters. The molecule has 0 radical (unpaired) electrons. The Morgan fingerprint density at radius 1 is 1.39 bits per heavy atom. The maximum Gasteiger partial charge on any atom is 0.293 e. The summed E-state index contributed by atoms with van der Waals surface area (Å²) in [6.45, 7) is 0.328. The van der Waals surface area contributed by atoms with Crippen LogP contribution in [0.5, 0.6) is 0 Å². The van der Waals surface area contributed by atoms with E-state index in [1.54, 1.807) is 18.2 Å². The van der Waals surface area contributed by atoms with Crippen LogP contribution in [-0.4, -0.2) is 56.4 Å². The molecule has 0 saturated carbocycles. The molecule has 0 aliphatic carbocycles. The van der Waals surface area contributed by atoms with E-state index in [-0.39, 0.29) is 17.3 Å². The highest BCUT2D eigenvalue weighted by molar-refractivity contribution is 6.36. The number of hydrogen-bond donors (Lipinski definition) is 2. The number of rotatable bonds is 6. The number of nitrogen functional groups attached to an aromatic ring is 1. The van der Waals surface area contributed by atoms with Gasteiger partial charge >= 0.3 is 0 Å². The zero-order chi connectivity index (χ0) is 20.3. The van der Waals surface area contributed by atoms with Gasteiger partial charge in [0.2, 0.25) is 11.6 Å². The Morgan fingerprint density at radius 3 is 2.82 bits per heavy atom. The summed E-state index contributed by atoms with van der Waals surface area (Å²) in [6, 6.07) is 4.91. The van der Waals surface area contributed by atoms with Crippen molar-refractivity contribution in [2.75, 3.05) is 19.8 Å². The number of hydrazone groups is 1. The lowest BCUT2D eigenvalue weighted by Crippen LogP contribution is -2.23. The predicted molar refractivity (Wildman–Crippen MR) is 103 cm³/mol. The van der Waals surface area contributed by atoms with Gasteiger partial charge in [-0.05, 0) is 36.5 Å². The molecular weight excluding hydrogens is 409 g/mol. The number of carbonyl (C=O) groups excluding carboxylic acids is 1. The van der Waals surface area contributed by atoms with Crippen molar-refractivity contribution in [2.24, 2.45) is 5.10 Å². The molecule has 0 spiro atoms. The number of hydrogen-bond acceptors (Lipinski definition) is 9. The van der Waals surface area contributed by atoms with Gasteiger partial charge in [-0.25, -0.2) is 10.1 Å². The van der Waals surface area contributed by atoms with E-state index in [0.717, 1.165) is 0 Å². The SMILES string of the molecule is CN(C)Cc1c(C(=O)N/N=C/c2ccc(Cl)cc2Cl)nnn1-c1nonc1N. The number of aromatic nitrogens is 5. The Balaban J connectivity index is 1.84. The Labute approximate surface area is 169 Å². The van der Waals surface area contributed by atoms with Gasteiger partial charge in [-0.15, -0.1) is 5.10 Å². The highest BCUT2D eigenvalue weighted by Crippen LogP contribution is 2.19. The Hall–Kier alpha value is -3.02. The molecule has 13 heteroatoms. The lowest BCUT2D eigenvalue weighted by molar-refractivity contribution is 0.0948. The van der Waals surface area contributed by atoms with Crippen LogP contribution < -0.4 is 11.2 Å². The monoisotopic (exact) mass is 423 g/mol. The van der Waals surface area contributed by atoms with Crippen LogP contribution in [0.2, 0.25) is 10.0 Å². The molecule has 0 fully saturated rings. The molecule has 0 aliphatic heterocycles. The first-order chi connectivity index (χ1) is 13.4. The normalized spacial score (nSPS) is 11.5. The number of nitrogens with one attached hydrogen (secondary N) is 1. The second-order valence-corrected chi connectivity index (χ2v) is 6.72. The zero-order valence-electron chi connectivity index (χ0n) is 14.8. The molecule has 3 N–H and O–H groups in total. The van der Waals surface area contributed by atoms with E-state index in [2.05, 4.69) is 35.8 Å². The average Bonchev–Trinajstić information content (AvgIpc) is 3.22.